The molecule has 1 heteroatoms. The fraction of sp³-hybridized carbons (Fsp3) is 0.357. The van der Waals surface area contributed by atoms with E-state index in [1.165, 1.54) is 16.7 Å². The second kappa shape index (κ2) is 4.92. The molecule has 0 aromatic carbocycles. The van der Waals surface area contributed by atoms with Crippen molar-refractivity contribution >= 4 is 6.08 Å². The van der Waals surface area contributed by atoms with Crippen molar-refractivity contribution in [3.05, 3.63) is 47.3 Å². The molecule has 0 aliphatic heterocycles. The molecule has 0 saturated carbocycles. The lowest BCUT2D eigenvalue weighted by atomic mass is 9.95. The highest BCUT2D eigenvalue weighted by molar-refractivity contribution is 5.58. The van der Waals surface area contributed by atoms with E-state index in [1.807, 2.05) is 19.2 Å². The third kappa shape index (κ3) is 2.56. The minimum Gasteiger partial charge on any atom is -0.261 e. The smallest absolute Gasteiger partial charge is 0.0447 e. The highest BCUT2D eigenvalue weighted by Crippen LogP contribution is 2.23. The highest BCUT2D eigenvalue weighted by atomic mass is 14.7. The predicted octanol–water partition coefficient (Wildman–Crippen LogP) is 4.02. The van der Waals surface area contributed by atoms with Crippen LogP contribution in [0.25, 0.3) is 6.08 Å². The van der Waals surface area contributed by atoms with Crippen molar-refractivity contribution in [3.63, 3.8) is 0 Å². The summed E-state index contributed by atoms with van der Waals surface area (Å²) in [6.07, 6.45) is 7.82. The molecule has 0 bridgehead atoms. The van der Waals surface area contributed by atoms with Gasteiger partial charge in [0.15, 0.2) is 0 Å². The van der Waals surface area contributed by atoms with Crippen LogP contribution in [0.4, 0.5) is 0 Å². The summed E-state index contributed by atoms with van der Waals surface area (Å²) in [5.74, 6) is 0.522. The Morgan fingerprint density at radius 3 is 2.53 bits per heavy atom. The summed E-state index contributed by atoms with van der Waals surface area (Å²) >= 11 is 0. The third-order valence-electron chi connectivity index (χ3n) is 2.65. The van der Waals surface area contributed by atoms with Crippen LogP contribution in [0.1, 0.15) is 42.1 Å². The Bertz CT molecular complexity index is 387. The molecule has 0 saturated heterocycles. The zero-order valence-corrected chi connectivity index (χ0v) is 10.0. The molecule has 1 nitrogen and oxygen atoms in total. The normalized spacial score (nSPS) is 11.3. The van der Waals surface area contributed by atoms with Gasteiger partial charge in [0.2, 0.25) is 0 Å². The first-order chi connectivity index (χ1) is 7.07. The number of allylic oxidation sites excluding steroid dienone is 2. The molecule has 0 radical (unpaired) electrons. The van der Waals surface area contributed by atoms with Crippen molar-refractivity contribution in [1.29, 1.82) is 0 Å². The number of hydrogen-bond donors (Lipinski definition) is 0. The van der Waals surface area contributed by atoms with Crippen LogP contribution in [-0.4, -0.2) is 4.98 Å². The van der Waals surface area contributed by atoms with E-state index in [2.05, 4.69) is 38.4 Å². The van der Waals surface area contributed by atoms with E-state index in [4.69, 9.17) is 0 Å². The van der Waals surface area contributed by atoms with Crippen molar-refractivity contribution < 1.29 is 0 Å². The lowest BCUT2D eigenvalue weighted by Crippen LogP contribution is -1.99. The van der Waals surface area contributed by atoms with Crippen molar-refractivity contribution in [3.8, 4) is 0 Å². The van der Waals surface area contributed by atoms with Gasteiger partial charge in [-0.1, -0.05) is 38.7 Å². The summed E-state index contributed by atoms with van der Waals surface area (Å²) in [4.78, 5) is 4.43. The van der Waals surface area contributed by atoms with E-state index in [0.717, 1.165) is 5.69 Å². The fourth-order valence-electron chi connectivity index (χ4n) is 1.75. The molecule has 0 amide bonds. The predicted molar refractivity (Wildman–Crippen MR) is 67.0 cm³/mol. The van der Waals surface area contributed by atoms with Gasteiger partial charge in [-0.15, -0.1) is 0 Å². The summed E-state index contributed by atoms with van der Waals surface area (Å²) < 4.78 is 0. The van der Waals surface area contributed by atoms with Gasteiger partial charge in [0, 0.05) is 11.9 Å². The van der Waals surface area contributed by atoms with Gasteiger partial charge in [-0.3, -0.25) is 4.98 Å². The maximum absolute atomic E-state index is 4.43. The van der Waals surface area contributed by atoms with Crippen molar-refractivity contribution in [2.75, 3.05) is 0 Å². The maximum Gasteiger partial charge on any atom is 0.0447 e. The molecule has 1 aromatic rings. The molecule has 0 N–H and O–H groups in total. The quantitative estimate of drug-likeness (QED) is 0.673. The molecular formula is C14H19N. The molecular weight excluding hydrogens is 182 g/mol. The van der Waals surface area contributed by atoms with Crippen LogP contribution >= 0.6 is 0 Å². The van der Waals surface area contributed by atoms with Crippen molar-refractivity contribution in [2.45, 2.75) is 33.6 Å². The topological polar surface area (TPSA) is 12.9 Å². The average molecular weight is 201 g/mol. The molecule has 0 atom stereocenters. The minimum absolute atomic E-state index is 0.522. The lowest BCUT2D eigenvalue weighted by Gasteiger charge is -2.13. The molecule has 0 aliphatic carbocycles. The summed E-state index contributed by atoms with van der Waals surface area (Å²) in [5, 5.41) is 0. The second-order valence-electron chi connectivity index (χ2n) is 4.09. The Labute approximate surface area is 92.6 Å². The van der Waals surface area contributed by atoms with Crippen molar-refractivity contribution in [2.24, 2.45) is 0 Å². The van der Waals surface area contributed by atoms with Gasteiger partial charge in [0.05, 0.1) is 0 Å². The van der Waals surface area contributed by atoms with Gasteiger partial charge in [-0.25, -0.2) is 0 Å². The number of aryl methyl sites for hydroxylation is 1. The first kappa shape index (κ1) is 11.7. The SMILES string of the molecule is C=C/C=C\c1c(C)ncc(C(C)C)c1C. The van der Waals surface area contributed by atoms with Gasteiger partial charge < -0.3 is 0 Å². The highest BCUT2D eigenvalue weighted by Gasteiger charge is 2.08. The first-order valence-electron chi connectivity index (χ1n) is 5.33. The van der Waals surface area contributed by atoms with Crippen LogP contribution in [0.15, 0.2) is 24.9 Å². The van der Waals surface area contributed by atoms with E-state index in [1.54, 1.807) is 6.08 Å². The monoisotopic (exact) mass is 201 g/mol. The summed E-state index contributed by atoms with van der Waals surface area (Å²) in [6, 6.07) is 0. The number of rotatable bonds is 3. The second-order valence-corrected chi connectivity index (χ2v) is 4.09. The number of hydrogen-bond acceptors (Lipinski definition) is 1. The molecule has 0 unspecified atom stereocenters. The molecule has 80 valence electrons. The van der Waals surface area contributed by atoms with Crippen LogP contribution in [0.2, 0.25) is 0 Å². The maximum atomic E-state index is 4.43. The van der Waals surface area contributed by atoms with Gasteiger partial charge >= 0.3 is 0 Å². The van der Waals surface area contributed by atoms with Crippen molar-refractivity contribution in [1.82, 2.24) is 4.98 Å². The zero-order valence-electron chi connectivity index (χ0n) is 10.0. The van der Waals surface area contributed by atoms with Crippen LogP contribution in [-0.2, 0) is 0 Å². The Morgan fingerprint density at radius 2 is 2.00 bits per heavy atom. The molecule has 15 heavy (non-hydrogen) atoms. The molecule has 1 heterocycles. The number of aromatic nitrogens is 1. The number of pyridine rings is 1. The summed E-state index contributed by atoms with van der Waals surface area (Å²) in [7, 11) is 0. The van der Waals surface area contributed by atoms with Crippen LogP contribution < -0.4 is 0 Å². The Hall–Kier alpha value is -1.37. The molecule has 0 fully saturated rings. The Morgan fingerprint density at radius 1 is 1.33 bits per heavy atom. The van der Waals surface area contributed by atoms with Crippen LogP contribution in [0.5, 0.6) is 0 Å². The number of nitrogens with zero attached hydrogens (tertiary/aromatic N) is 1. The minimum atomic E-state index is 0.522. The Balaban J connectivity index is 3.29. The molecule has 0 spiro atoms. The van der Waals surface area contributed by atoms with Crippen LogP contribution in [0, 0.1) is 13.8 Å². The van der Waals surface area contributed by atoms with E-state index in [-0.39, 0.29) is 0 Å². The summed E-state index contributed by atoms with van der Waals surface area (Å²) in [5.41, 5.74) is 4.95. The molecule has 1 aromatic heterocycles. The third-order valence-corrected chi connectivity index (χ3v) is 2.65. The van der Waals surface area contributed by atoms with E-state index in [9.17, 15) is 0 Å². The van der Waals surface area contributed by atoms with Gasteiger partial charge in [-0.2, -0.15) is 0 Å². The lowest BCUT2D eigenvalue weighted by molar-refractivity contribution is 0.843. The van der Waals surface area contributed by atoms with E-state index >= 15 is 0 Å². The van der Waals surface area contributed by atoms with E-state index < -0.39 is 0 Å². The standard InChI is InChI=1S/C14H19N/c1-6-7-8-13-11(4)14(10(2)3)9-15-12(13)5/h6-10H,1H2,2-5H3/b8-7-. The fourth-order valence-corrected chi connectivity index (χ4v) is 1.75. The summed E-state index contributed by atoms with van der Waals surface area (Å²) in [6.45, 7) is 12.3. The van der Waals surface area contributed by atoms with Gasteiger partial charge in [0.1, 0.15) is 0 Å². The molecule has 0 aliphatic rings. The first-order valence-corrected chi connectivity index (χ1v) is 5.33. The van der Waals surface area contributed by atoms with E-state index in [0.29, 0.717) is 5.92 Å². The van der Waals surface area contributed by atoms with Crippen LogP contribution in [0.3, 0.4) is 0 Å². The zero-order chi connectivity index (χ0) is 11.4. The van der Waals surface area contributed by atoms with Gasteiger partial charge in [0.25, 0.3) is 0 Å². The molecule has 1 rings (SSSR count). The largest absolute Gasteiger partial charge is 0.261 e. The average Bonchev–Trinajstić information content (AvgIpc) is 2.17. The Kier molecular flexibility index (Phi) is 3.84. The van der Waals surface area contributed by atoms with Gasteiger partial charge in [-0.05, 0) is 36.5 Å².